The third kappa shape index (κ3) is 6.63. The van der Waals surface area contributed by atoms with Crippen LogP contribution in [0.15, 0.2) is 52.6 Å². The first kappa shape index (κ1) is 23.4. The Balaban J connectivity index is 1.97. The highest BCUT2D eigenvalue weighted by atomic mass is 35.5. The van der Waals surface area contributed by atoms with E-state index in [4.69, 9.17) is 38.7 Å². The van der Waals surface area contributed by atoms with E-state index in [2.05, 4.69) is 23.4 Å². The van der Waals surface area contributed by atoms with Gasteiger partial charge >= 0.3 is 6.09 Å². The van der Waals surface area contributed by atoms with Crippen LogP contribution in [0.5, 0.6) is 0 Å². The molecule has 0 aliphatic rings. The third-order valence-corrected chi connectivity index (χ3v) is 6.10. The van der Waals surface area contributed by atoms with Crippen LogP contribution in [0.1, 0.15) is 36.8 Å². The quantitative estimate of drug-likeness (QED) is 0.423. The summed E-state index contributed by atoms with van der Waals surface area (Å²) in [7, 11) is 0. The third-order valence-electron chi connectivity index (χ3n) is 4.57. The van der Waals surface area contributed by atoms with Gasteiger partial charge in [0.1, 0.15) is 17.5 Å². The zero-order valence-corrected chi connectivity index (χ0v) is 19.7. The number of primary amides is 1. The lowest BCUT2D eigenvalue weighted by atomic mass is 10.1. The molecule has 164 valence electrons. The minimum atomic E-state index is -0.790. The molecule has 0 saturated carbocycles. The number of hydrogen-bond acceptors (Lipinski definition) is 5. The Hall–Kier alpha value is -2.22. The molecule has 0 fully saturated rings. The van der Waals surface area contributed by atoms with Crippen molar-refractivity contribution in [1.82, 2.24) is 14.5 Å². The molecule has 0 bridgehead atoms. The lowest BCUT2D eigenvalue weighted by molar-refractivity contribution is 0.157. The Morgan fingerprint density at radius 3 is 2.45 bits per heavy atom. The zero-order chi connectivity index (χ0) is 22.4. The summed E-state index contributed by atoms with van der Waals surface area (Å²) in [6.07, 6.45) is 4.06. The van der Waals surface area contributed by atoms with E-state index >= 15 is 0 Å². The minimum Gasteiger partial charge on any atom is -0.449 e. The lowest BCUT2D eigenvalue weighted by Crippen LogP contribution is -2.16. The fraction of sp³-hybridized carbons (Fsp3) is 0.318. The first-order chi connectivity index (χ1) is 14.8. The predicted octanol–water partition coefficient (Wildman–Crippen LogP) is 5.74. The molecule has 3 rings (SSSR count). The second-order valence-electron chi connectivity index (χ2n) is 7.25. The fourth-order valence-corrected chi connectivity index (χ4v) is 5.08. The van der Waals surface area contributed by atoms with Crippen molar-refractivity contribution in [3.63, 3.8) is 0 Å². The second kappa shape index (κ2) is 10.9. The molecule has 2 aromatic heterocycles. The SMILES string of the molecule is CC(C)c1nc(CCOC(N)=O)n(CCc2ccncc2)c1Sc1cc(Cl)cc(Cl)c1. The van der Waals surface area contributed by atoms with Crippen molar-refractivity contribution in [3.05, 3.63) is 69.9 Å². The van der Waals surface area contributed by atoms with E-state index < -0.39 is 6.09 Å². The van der Waals surface area contributed by atoms with Crippen LogP contribution in [-0.2, 0) is 24.1 Å². The summed E-state index contributed by atoms with van der Waals surface area (Å²) in [5, 5.41) is 2.19. The van der Waals surface area contributed by atoms with Gasteiger partial charge in [-0.1, -0.05) is 48.8 Å². The van der Waals surface area contributed by atoms with Crippen LogP contribution in [0.3, 0.4) is 0 Å². The highest BCUT2D eigenvalue weighted by Gasteiger charge is 2.21. The van der Waals surface area contributed by atoms with Crippen molar-refractivity contribution in [2.24, 2.45) is 5.73 Å². The molecule has 1 amide bonds. The van der Waals surface area contributed by atoms with Crippen molar-refractivity contribution in [2.75, 3.05) is 6.61 Å². The second-order valence-corrected chi connectivity index (χ2v) is 9.19. The van der Waals surface area contributed by atoms with Crippen LogP contribution >= 0.6 is 35.0 Å². The highest BCUT2D eigenvalue weighted by Crippen LogP contribution is 2.37. The molecule has 0 atom stereocenters. The molecule has 1 aromatic carbocycles. The Kier molecular flexibility index (Phi) is 8.23. The molecule has 2 heterocycles. The first-order valence-corrected chi connectivity index (χ1v) is 11.4. The highest BCUT2D eigenvalue weighted by molar-refractivity contribution is 7.99. The molecule has 0 saturated heterocycles. The van der Waals surface area contributed by atoms with E-state index in [1.165, 1.54) is 5.56 Å². The number of aryl methyl sites for hydroxylation is 1. The van der Waals surface area contributed by atoms with Crippen LogP contribution in [0, 0.1) is 0 Å². The monoisotopic (exact) mass is 478 g/mol. The van der Waals surface area contributed by atoms with Crippen molar-refractivity contribution < 1.29 is 9.53 Å². The molecule has 3 aromatic rings. The van der Waals surface area contributed by atoms with Gasteiger partial charge in [0.15, 0.2) is 0 Å². The van der Waals surface area contributed by atoms with Gasteiger partial charge in [-0.25, -0.2) is 9.78 Å². The largest absolute Gasteiger partial charge is 0.449 e. The summed E-state index contributed by atoms with van der Waals surface area (Å²) in [4.78, 5) is 20.9. The van der Waals surface area contributed by atoms with Crippen molar-refractivity contribution >= 4 is 41.1 Å². The van der Waals surface area contributed by atoms with Gasteiger partial charge in [0, 0.05) is 40.3 Å². The van der Waals surface area contributed by atoms with Gasteiger partial charge in [0.05, 0.1) is 5.69 Å². The summed E-state index contributed by atoms with van der Waals surface area (Å²) in [5.41, 5.74) is 7.27. The smallest absolute Gasteiger partial charge is 0.404 e. The summed E-state index contributed by atoms with van der Waals surface area (Å²) in [6.45, 7) is 5.10. The Bertz CT molecular complexity index is 1020. The molecular formula is C22H24Cl2N4O2S. The molecule has 9 heteroatoms. The maximum absolute atomic E-state index is 11.0. The minimum absolute atomic E-state index is 0.173. The number of imidazole rings is 1. The van der Waals surface area contributed by atoms with Crippen LogP contribution in [0.4, 0.5) is 4.79 Å². The first-order valence-electron chi connectivity index (χ1n) is 9.88. The van der Waals surface area contributed by atoms with Crippen molar-refractivity contribution in [2.45, 2.75) is 49.1 Å². The van der Waals surface area contributed by atoms with Gasteiger partial charge in [0.2, 0.25) is 0 Å². The van der Waals surface area contributed by atoms with E-state index in [9.17, 15) is 4.79 Å². The number of aromatic nitrogens is 3. The van der Waals surface area contributed by atoms with Crippen LogP contribution < -0.4 is 5.73 Å². The Morgan fingerprint density at radius 2 is 1.84 bits per heavy atom. The number of carbonyl (C=O) groups excluding carboxylic acids is 1. The van der Waals surface area contributed by atoms with Crippen molar-refractivity contribution in [1.29, 1.82) is 0 Å². The number of amides is 1. The van der Waals surface area contributed by atoms with Gasteiger partial charge in [-0.2, -0.15) is 0 Å². The van der Waals surface area contributed by atoms with Crippen LogP contribution in [0.25, 0.3) is 0 Å². The number of halogens is 2. The maximum Gasteiger partial charge on any atom is 0.404 e. The normalized spacial score (nSPS) is 11.1. The van der Waals surface area contributed by atoms with Gasteiger partial charge in [-0.05, 0) is 48.2 Å². The van der Waals surface area contributed by atoms with E-state index in [0.717, 1.165) is 27.9 Å². The number of rotatable bonds is 9. The number of nitrogens with two attached hydrogens (primary N) is 1. The van der Waals surface area contributed by atoms with Gasteiger partial charge in [0.25, 0.3) is 0 Å². The number of carbonyl (C=O) groups is 1. The number of ether oxygens (including phenoxy) is 1. The van der Waals surface area contributed by atoms with E-state index in [-0.39, 0.29) is 12.5 Å². The molecule has 0 spiro atoms. The van der Waals surface area contributed by atoms with Crippen LogP contribution in [0.2, 0.25) is 10.0 Å². The summed E-state index contributed by atoms with van der Waals surface area (Å²) >= 11 is 14.0. The standard InChI is InChI=1S/C22H24Cl2N4O2S/c1-14(2)20-21(31-18-12-16(23)11-17(24)13-18)28(9-5-15-3-7-26-8-4-15)19(27-20)6-10-30-22(25)29/h3-4,7-8,11-14H,5-6,9-10H2,1-2H3,(H2,25,29). The molecular weight excluding hydrogens is 455 g/mol. The average Bonchev–Trinajstić information content (AvgIpc) is 3.03. The summed E-state index contributed by atoms with van der Waals surface area (Å²) in [5.74, 6) is 1.05. The molecule has 0 radical (unpaired) electrons. The zero-order valence-electron chi connectivity index (χ0n) is 17.3. The van der Waals surface area contributed by atoms with E-state index in [1.807, 2.05) is 24.3 Å². The fourth-order valence-electron chi connectivity index (χ4n) is 3.14. The number of pyridine rings is 1. The molecule has 0 aliphatic heterocycles. The topological polar surface area (TPSA) is 83.0 Å². The van der Waals surface area contributed by atoms with Crippen molar-refractivity contribution in [3.8, 4) is 0 Å². The molecule has 0 unspecified atom stereocenters. The molecule has 2 N–H and O–H groups in total. The van der Waals surface area contributed by atoms with Crippen LogP contribution in [-0.4, -0.2) is 27.2 Å². The average molecular weight is 479 g/mol. The Labute approximate surface area is 196 Å². The summed E-state index contributed by atoms with van der Waals surface area (Å²) in [6, 6.07) is 9.49. The van der Waals surface area contributed by atoms with Gasteiger partial charge in [-0.3, -0.25) is 4.98 Å². The number of hydrogen-bond donors (Lipinski definition) is 1. The van der Waals surface area contributed by atoms with E-state index in [0.29, 0.717) is 23.0 Å². The number of nitrogens with zero attached hydrogens (tertiary/aromatic N) is 3. The maximum atomic E-state index is 11.0. The Morgan fingerprint density at radius 1 is 1.16 bits per heavy atom. The number of benzene rings is 1. The summed E-state index contributed by atoms with van der Waals surface area (Å²) < 4.78 is 7.14. The van der Waals surface area contributed by atoms with Gasteiger partial charge < -0.3 is 15.0 Å². The lowest BCUT2D eigenvalue weighted by Gasteiger charge is -2.14. The molecule has 31 heavy (non-hydrogen) atoms. The predicted molar refractivity (Wildman–Crippen MR) is 124 cm³/mol. The molecule has 0 aliphatic carbocycles. The van der Waals surface area contributed by atoms with Gasteiger partial charge in [-0.15, -0.1) is 0 Å². The van der Waals surface area contributed by atoms with E-state index in [1.54, 1.807) is 30.2 Å². The molecule has 6 nitrogen and oxygen atoms in total.